The summed E-state index contributed by atoms with van der Waals surface area (Å²) in [6, 6.07) is 6.20. The Morgan fingerprint density at radius 2 is 2.00 bits per heavy atom. The summed E-state index contributed by atoms with van der Waals surface area (Å²) in [7, 11) is 0. The number of hydrogen-bond acceptors (Lipinski definition) is 7. The molecule has 3 heterocycles. The van der Waals surface area contributed by atoms with Gasteiger partial charge in [-0.2, -0.15) is 0 Å². The summed E-state index contributed by atoms with van der Waals surface area (Å²) in [6.07, 6.45) is 4.15. The first-order valence-corrected chi connectivity index (χ1v) is 9.70. The van der Waals surface area contributed by atoms with Crippen molar-refractivity contribution in [3.63, 3.8) is 0 Å². The highest BCUT2D eigenvalue weighted by Gasteiger charge is 2.44. The lowest BCUT2D eigenvalue weighted by Gasteiger charge is -2.35. The lowest BCUT2D eigenvalue weighted by atomic mass is 9.98. The molecule has 1 aromatic heterocycles. The summed E-state index contributed by atoms with van der Waals surface area (Å²) < 4.78 is 34.6. The molecule has 2 unspecified atom stereocenters. The first kappa shape index (κ1) is 20.9. The van der Waals surface area contributed by atoms with E-state index >= 15 is 0 Å². The van der Waals surface area contributed by atoms with Crippen molar-refractivity contribution in [3.05, 3.63) is 71.4 Å². The van der Waals surface area contributed by atoms with E-state index in [0.29, 0.717) is 18.7 Å². The second kappa shape index (κ2) is 8.40. The van der Waals surface area contributed by atoms with Gasteiger partial charge in [-0.15, -0.1) is 0 Å². The zero-order valence-electron chi connectivity index (χ0n) is 16.3. The molecule has 8 nitrogen and oxygen atoms in total. The lowest BCUT2D eigenvalue weighted by molar-refractivity contribution is -0.114. The van der Waals surface area contributed by atoms with Crippen LogP contribution >= 0.6 is 0 Å². The molecule has 0 saturated carbocycles. The third kappa shape index (κ3) is 4.12. The van der Waals surface area contributed by atoms with Crippen LogP contribution in [0.5, 0.6) is 0 Å². The van der Waals surface area contributed by atoms with Gasteiger partial charge < -0.3 is 25.6 Å². The number of aromatic nitrogens is 1. The first-order chi connectivity index (χ1) is 14.9. The number of benzene rings is 1. The molecule has 2 aromatic rings. The number of nitrogens with one attached hydrogen (secondary N) is 2. The fourth-order valence-corrected chi connectivity index (χ4v) is 3.54. The van der Waals surface area contributed by atoms with Gasteiger partial charge >= 0.3 is 0 Å². The van der Waals surface area contributed by atoms with Crippen LogP contribution in [0, 0.1) is 11.6 Å². The molecule has 31 heavy (non-hydrogen) atoms. The van der Waals surface area contributed by atoms with Gasteiger partial charge in [-0.3, -0.25) is 9.78 Å². The van der Waals surface area contributed by atoms with Gasteiger partial charge in [0, 0.05) is 12.8 Å². The quantitative estimate of drug-likeness (QED) is 0.592. The SMILES string of the molecule is O=C(Nc1cccnc1)C1=C(O)C(C2CCCCO2)=NC(O)(c2c(F)cccc2F)N1. The van der Waals surface area contributed by atoms with Gasteiger partial charge in [-0.1, -0.05) is 6.07 Å². The summed E-state index contributed by atoms with van der Waals surface area (Å²) in [5.41, 5.74) is -1.16. The van der Waals surface area contributed by atoms with Crippen LogP contribution in [-0.4, -0.2) is 39.5 Å². The van der Waals surface area contributed by atoms with Gasteiger partial charge in [0.15, 0.2) is 5.76 Å². The molecule has 4 N–H and O–H groups in total. The number of amides is 1. The van der Waals surface area contributed by atoms with Gasteiger partial charge in [-0.25, -0.2) is 13.8 Å². The zero-order valence-corrected chi connectivity index (χ0v) is 16.3. The van der Waals surface area contributed by atoms with Crippen LogP contribution in [0.15, 0.2) is 59.2 Å². The third-order valence-electron chi connectivity index (χ3n) is 5.00. The minimum Gasteiger partial charge on any atom is -0.504 e. The van der Waals surface area contributed by atoms with E-state index in [9.17, 15) is 23.8 Å². The number of rotatable bonds is 4. The van der Waals surface area contributed by atoms with Gasteiger partial charge in [0.1, 0.15) is 29.1 Å². The largest absolute Gasteiger partial charge is 0.504 e. The highest BCUT2D eigenvalue weighted by Crippen LogP contribution is 2.33. The number of anilines is 1. The van der Waals surface area contributed by atoms with Crippen LogP contribution in [-0.2, 0) is 15.4 Å². The predicted octanol–water partition coefficient (Wildman–Crippen LogP) is 2.48. The maximum Gasteiger partial charge on any atom is 0.275 e. The topological polar surface area (TPSA) is 116 Å². The first-order valence-electron chi connectivity index (χ1n) is 9.70. The average molecular weight is 430 g/mol. The summed E-state index contributed by atoms with van der Waals surface area (Å²) in [6.45, 7) is 0.383. The molecule has 1 fully saturated rings. The molecule has 0 aliphatic carbocycles. The minimum atomic E-state index is -2.68. The van der Waals surface area contributed by atoms with E-state index in [-0.39, 0.29) is 5.71 Å². The zero-order chi connectivity index (χ0) is 22.0. The molecule has 2 aliphatic rings. The second-order valence-corrected chi connectivity index (χ2v) is 7.17. The van der Waals surface area contributed by atoms with Gasteiger partial charge in [-0.05, 0) is 43.5 Å². The number of ether oxygens (including phenoxy) is 1. The normalized spacial score (nSPS) is 23.7. The number of nitrogens with zero attached hydrogens (tertiary/aromatic N) is 2. The molecule has 2 aliphatic heterocycles. The van der Waals surface area contributed by atoms with Crippen molar-refractivity contribution in [2.45, 2.75) is 31.2 Å². The number of carbonyl (C=O) groups excluding carboxylic acids is 1. The molecule has 0 radical (unpaired) electrons. The molecule has 4 rings (SSSR count). The number of halogens is 2. The molecule has 162 valence electrons. The van der Waals surface area contributed by atoms with Crippen LogP contribution in [0.2, 0.25) is 0 Å². The molecule has 1 amide bonds. The van der Waals surface area contributed by atoms with Crippen molar-refractivity contribution in [1.29, 1.82) is 0 Å². The smallest absolute Gasteiger partial charge is 0.275 e. The number of pyridine rings is 1. The van der Waals surface area contributed by atoms with Crippen LogP contribution in [0.1, 0.15) is 24.8 Å². The van der Waals surface area contributed by atoms with Crippen molar-refractivity contribution in [2.24, 2.45) is 4.99 Å². The van der Waals surface area contributed by atoms with Crippen LogP contribution in [0.3, 0.4) is 0 Å². The summed E-state index contributed by atoms with van der Waals surface area (Å²) in [5.74, 6) is -6.26. The second-order valence-electron chi connectivity index (χ2n) is 7.17. The summed E-state index contributed by atoms with van der Waals surface area (Å²) >= 11 is 0. The maximum absolute atomic E-state index is 14.5. The van der Waals surface area contributed by atoms with Crippen LogP contribution in [0.25, 0.3) is 0 Å². The Morgan fingerprint density at radius 3 is 2.65 bits per heavy atom. The van der Waals surface area contributed by atoms with Crippen molar-refractivity contribution in [1.82, 2.24) is 10.3 Å². The van der Waals surface area contributed by atoms with E-state index in [4.69, 9.17) is 4.74 Å². The molecule has 0 bridgehead atoms. The highest BCUT2D eigenvalue weighted by atomic mass is 19.1. The third-order valence-corrected chi connectivity index (χ3v) is 5.00. The van der Waals surface area contributed by atoms with E-state index in [1.807, 2.05) is 0 Å². The van der Waals surface area contributed by atoms with E-state index in [0.717, 1.165) is 31.0 Å². The molecule has 10 heteroatoms. The fourth-order valence-electron chi connectivity index (χ4n) is 3.54. The Labute approximate surface area is 176 Å². The number of carbonyl (C=O) groups is 1. The Hall–Kier alpha value is -3.37. The number of hydrogen-bond donors (Lipinski definition) is 4. The standard InChI is InChI=1S/C21H20F2N4O4/c22-13-6-3-7-14(23)16(13)21(30)26-17(15-8-1-2-10-31-15)19(28)18(27-21)20(29)25-12-5-4-9-24-11-12/h3-7,9,11,15,27-28,30H,1-2,8,10H2,(H,25,29). The Bertz CT molecular complexity index is 1030. The summed E-state index contributed by atoms with van der Waals surface area (Å²) in [5, 5.41) is 26.7. The Balaban J connectivity index is 1.78. The molecular weight excluding hydrogens is 410 g/mol. The lowest BCUT2D eigenvalue weighted by Crippen LogP contribution is -2.51. The summed E-state index contributed by atoms with van der Waals surface area (Å²) in [4.78, 5) is 20.8. The number of aliphatic hydroxyl groups is 2. The molecule has 2 atom stereocenters. The highest BCUT2D eigenvalue weighted by molar-refractivity contribution is 6.12. The minimum absolute atomic E-state index is 0.167. The van der Waals surface area contributed by atoms with E-state index in [2.05, 4.69) is 20.6 Å². The van der Waals surface area contributed by atoms with E-state index in [1.54, 1.807) is 12.1 Å². The number of aliphatic hydroxyl groups excluding tert-OH is 1. The van der Waals surface area contributed by atoms with Gasteiger partial charge in [0.25, 0.3) is 11.8 Å². The van der Waals surface area contributed by atoms with Gasteiger partial charge in [0.05, 0.1) is 17.4 Å². The van der Waals surface area contributed by atoms with Gasteiger partial charge in [0.2, 0.25) is 0 Å². The predicted molar refractivity (Wildman–Crippen MR) is 107 cm³/mol. The monoisotopic (exact) mass is 430 g/mol. The number of aliphatic imine (C=N–C) groups is 1. The fraction of sp³-hybridized carbons (Fsp3) is 0.286. The van der Waals surface area contributed by atoms with E-state index < -0.39 is 46.5 Å². The molecule has 1 aromatic carbocycles. The van der Waals surface area contributed by atoms with Crippen molar-refractivity contribution in [2.75, 3.05) is 11.9 Å². The van der Waals surface area contributed by atoms with Crippen molar-refractivity contribution < 1.29 is 28.5 Å². The van der Waals surface area contributed by atoms with Crippen LogP contribution in [0.4, 0.5) is 14.5 Å². The Kier molecular flexibility index (Phi) is 5.66. The van der Waals surface area contributed by atoms with Crippen molar-refractivity contribution >= 4 is 17.3 Å². The van der Waals surface area contributed by atoms with Crippen LogP contribution < -0.4 is 10.6 Å². The molecule has 1 saturated heterocycles. The Morgan fingerprint density at radius 1 is 1.23 bits per heavy atom. The average Bonchev–Trinajstić information content (AvgIpc) is 2.76. The molecule has 0 spiro atoms. The van der Waals surface area contributed by atoms with E-state index in [1.165, 1.54) is 12.4 Å². The maximum atomic E-state index is 14.5. The van der Waals surface area contributed by atoms with Crippen molar-refractivity contribution in [3.8, 4) is 0 Å². The molecular formula is C21H20F2N4O4.